The van der Waals surface area contributed by atoms with Gasteiger partial charge in [-0.1, -0.05) is 6.92 Å². The summed E-state index contributed by atoms with van der Waals surface area (Å²) in [6.45, 7) is 7.13. The van der Waals surface area contributed by atoms with Gasteiger partial charge in [-0.05, 0) is 25.8 Å². The number of carbonyl (C=O) groups is 2. The first kappa shape index (κ1) is 17.5. The minimum absolute atomic E-state index is 0.0475. The van der Waals surface area contributed by atoms with E-state index in [9.17, 15) is 9.59 Å². The Kier molecular flexibility index (Phi) is 5.41. The third-order valence-electron chi connectivity index (χ3n) is 4.44. The summed E-state index contributed by atoms with van der Waals surface area (Å²) in [6.07, 6.45) is 0.156. The van der Waals surface area contributed by atoms with Crippen LogP contribution in [0.1, 0.15) is 30.3 Å². The first-order valence-corrected chi connectivity index (χ1v) is 7.90. The van der Waals surface area contributed by atoms with Crippen molar-refractivity contribution < 1.29 is 19.4 Å². The van der Waals surface area contributed by atoms with Crippen LogP contribution in [-0.2, 0) is 27.8 Å². The van der Waals surface area contributed by atoms with E-state index in [1.807, 2.05) is 32.5 Å². The van der Waals surface area contributed by atoms with E-state index in [0.29, 0.717) is 26.1 Å². The lowest BCUT2D eigenvalue weighted by Gasteiger charge is -2.34. The molecule has 7 heteroatoms. The largest absolute Gasteiger partial charge is 0.481 e. The van der Waals surface area contributed by atoms with Gasteiger partial charge in [0.1, 0.15) is 0 Å². The monoisotopic (exact) mass is 323 g/mol. The summed E-state index contributed by atoms with van der Waals surface area (Å²) in [5, 5.41) is 13.3. The number of ether oxygens (including phenoxy) is 1. The molecule has 2 heterocycles. The summed E-state index contributed by atoms with van der Waals surface area (Å²) in [6, 6.07) is 0. The number of aromatic nitrogens is 2. The van der Waals surface area contributed by atoms with Crippen molar-refractivity contribution in [2.24, 2.45) is 13.0 Å². The number of nitrogens with zero attached hydrogens (tertiary/aromatic N) is 3. The van der Waals surface area contributed by atoms with Crippen LogP contribution >= 0.6 is 0 Å². The molecule has 2 atom stereocenters. The van der Waals surface area contributed by atoms with Gasteiger partial charge in [0.05, 0.1) is 24.8 Å². The van der Waals surface area contributed by atoms with Gasteiger partial charge in [0.25, 0.3) is 0 Å². The van der Waals surface area contributed by atoms with Crippen molar-refractivity contribution in [1.29, 1.82) is 0 Å². The van der Waals surface area contributed by atoms with Crippen LogP contribution < -0.4 is 0 Å². The van der Waals surface area contributed by atoms with E-state index in [2.05, 4.69) is 5.10 Å². The first-order valence-electron chi connectivity index (χ1n) is 7.90. The molecule has 1 aliphatic heterocycles. The van der Waals surface area contributed by atoms with Crippen molar-refractivity contribution in [2.45, 2.75) is 39.7 Å². The second-order valence-electron chi connectivity index (χ2n) is 6.25. The van der Waals surface area contributed by atoms with Gasteiger partial charge in [-0.2, -0.15) is 5.10 Å². The van der Waals surface area contributed by atoms with Crippen LogP contribution in [0.25, 0.3) is 0 Å². The summed E-state index contributed by atoms with van der Waals surface area (Å²) in [4.78, 5) is 25.2. The van der Waals surface area contributed by atoms with Crippen LogP contribution in [0, 0.1) is 19.8 Å². The lowest BCUT2D eigenvalue weighted by atomic mass is 9.98. The number of aliphatic carboxylic acids is 1. The molecule has 1 N–H and O–H groups in total. The Labute approximate surface area is 136 Å². The average molecular weight is 323 g/mol. The van der Waals surface area contributed by atoms with Crippen molar-refractivity contribution in [2.75, 3.05) is 19.7 Å². The summed E-state index contributed by atoms with van der Waals surface area (Å²) in [5.41, 5.74) is 3.15. The highest BCUT2D eigenvalue weighted by atomic mass is 16.5. The maximum absolute atomic E-state index is 12.7. The normalized spacial score (nSPS) is 19.7. The molecule has 23 heavy (non-hydrogen) atoms. The maximum Gasteiger partial charge on any atom is 0.306 e. The molecule has 1 fully saturated rings. The predicted molar refractivity (Wildman–Crippen MR) is 84.1 cm³/mol. The van der Waals surface area contributed by atoms with Gasteiger partial charge in [0.15, 0.2) is 0 Å². The van der Waals surface area contributed by atoms with Gasteiger partial charge in [-0.15, -0.1) is 0 Å². The fourth-order valence-corrected chi connectivity index (χ4v) is 3.06. The predicted octanol–water partition coefficient (Wildman–Crippen LogP) is 0.918. The third kappa shape index (κ3) is 4.10. The first-order chi connectivity index (χ1) is 10.8. The molecule has 1 amide bonds. The highest BCUT2D eigenvalue weighted by Gasteiger charge is 2.29. The molecule has 1 aromatic heterocycles. The third-order valence-corrected chi connectivity index (χ3v) is 4.44. The van der Waals surface area contributed by atoms with Gasteiger partial charge < -0.3 is 14.7 Å². The average Bonchev–Trinajstić information content (AvgIpc) is 2.72. The van der Waals surface area contributed by atoms with Crippen molar-refractivity contribution in [3.05, 3.63) is 17.0 Å². The Balaban J connectivity index is 2.00. The van der Waals surface area contributed by atoms with E-state index >= 15 is 0 Å². The van der Waals surface area contributed by atoms with E-state index in [1.54, 1.807) is 4.90 Å². The number of hydrogen-bond acceptors (Lipinski definition) is 4. The minimum Gasteiger partial charge on any atom is -0.481 e. The van der Waals surface area contributed by atoms with Crippen molar-refractivity contribution in [3.8, 4) is 0 Å². The number of carbonyl (C=O) groups excluding carboxylic acids is 1. The van der Waals surface area contributed by atoms with Gasteiger partial charge in [-0.25, -0.2) is 0 Å². The zero-order valence-electron chi connectivity index (χ0n) is 14.2. The van der Waals surface area contributed by atoms with Crippen molar-refractivity contribution in [3.63, 3.8) is 0 Å². The molecule has 1 aliphatic rings. The Morgan fingerprint density at radius 3 is 2.70 bits per heavy atom. The van der Waals surface area contributed by atoms with Crippen LogP contribution in [0.15, 0.2) is 0 Å². The number of morpholine rings is 1. The lowest BCUT2D eigenvalue weighted by Crippen LogP contribution is -2.48. The highest BCUT2D eigenvalue weighted by Crippen LogP contribution is 2.19. The molecule has 7 nitrogen and oxygen atoms in total. The smallest absolute Gasteiger partial charge is 0.306 e. The van der Waals surface area contributed by atoms with Crippen LogP contribution in [0.5, 0.6) is 0 Å². The molecular weight excluding hydrogens is 298 g/mol. The van der Waals surface area contributed by atoms with Crippen LogP contribution in [0.2, 0.25) is 0 Å². The highest BCUT2D eigenvalue weighted by molar-refractivity contribution is 5.79. The van der Waals surface area contributed by atoms with E-state index in [-0.39, 0.29) is 18.2 Å². The molecule has 2 rings (SSSR count). The molecule has 0 bridgehead atoms. The summed E-state index contributed by atoms with van der Waals surface area (Å²) in [7, 11) is 1.90. The number of carboxylic acids is 1. The van der Waals surface area contributed by atoms with Crippen molar-refractivity contribution in [1.82, 2.24) is 14.7 Å². The van der Waals surface area contributed by atoms with E-state index in [1.165, 1.54) is 0 Å². The Morgan fingerprint density at radius 1 is 1.43 bits per heavy atom. The summed E-state index contributed by atoms with van der Waals surface area (Å²) < 4.78 is 7.25. The molecular formula is C16H25N3O4. The Bertz CT molecular complexity index is 596. The molecule has 0 radical (unpaired) electrons. The lowest BCUT2D eigenvalue weighted by molar-refractivity contribution is -0.149. The molecule has 0 aromatic carbocycles. The van der Waals surface area contributed by atoms with Crippen LogP contribution in [-0.4, -0.2) is 57.5 Å². The molecule has 0 saturated carbocycles. The zero-order valence-corrected chi connectivity index (χ0v) is 14.2. The fourth-order valence-electron chi connectivity index (χ4n) is 3.06. The topological polar surface area (TPSA) is 84.7 Å². The second-order valence-corrected chi connectivity index (χ2v) is 6.25. The Morgan fingerprint density at radius 2 is 2.13 bits per heavy atom. The quantitative estimate of drug-likeness (QED) is 0.871. The standard InChI is InChI=1S/C16H25N3O4/c1-10(7-14-11(2)17-18(4)12(14)3)16(22)19-5-6-23-13(9-19)8-15(20)21/h10,13H,5-9H2,1-4H3,(H,20,21). The number of carboxylic acid groups (broad SMARTS) is 1. The van der Waals surface area contributed by atoms with Gasteiger partial charge >= 0.3 is 5.97 Å². The molecule has 1 aromatic rings. The van der Waals surface area contributed by atoms with Gasteiger partial charge in [-0.3, -0.25) is 14.3 Å². The molecule has 2 unspecified atom stereocenters. The number of rotatable bonds is 5. The molecule has 0 spiro atoms. The van der Waals surface area contributed by atoms with Crippen LogP contribution in [0.3, 0.4) is 0 Å². The number of amides is 1. The molecule has 1 saturated heterocycles. The van der Waals surface area contributed by atoms with Crippen LogP contribution in [0.4, 0.5) is 0 Å². The minimum atomic E-state index is -0.904. The fraction of sp³-hybridized carbons (Fsp3) is 0.688. The van der Waals surface area contributed by atoms with Gasteiger partial charge in [0.2, 0.25) is 5.91 Å². The van der Waals surface area contributed by atoms with Crippen molar-refractivity contribution >= 4 is 11.9 Å². The van der Waals surface area contributed by atoms with E-state index in [0.717, 1.165) is 17.0 Å². The van der Waals surface area contributed by atoms with E-state index in [4.69, 9.17) is 9.84 Å². The molecule has 0 aliphatic carbocycles. The number of hydrogen-bond donors (Lipinski definition) is 1. The van der Waals surface area contributed by atoms with Gasteiger partial charge in [0, 0.05) is 31.7 Å². The van der Waals surface area contributed by atoms with E-state index < -0.39 is 12.1 Å². The Hall–Kier alpha value is -1.89. The zero-order chi connectivity index (χ0) is 17.1. The number of aryl methyl sites for hydroxylation is 2. The summed E-state index contributed by atoms with van der Waals surface area (Å²) >= 11 is 0. The molecule has 128 valence electrons. The SMILES string of the molecule is Cc1nn(C)c(C)c1CC(C)C(=O)N1CCOC(CC(=O)O)C1. The maximum atomic E-state index is 12.7. The summed E-state index contributed by atoms with van der Waals surface area (Å²) in [5.74, 6) is -1.02. The second kappa shape index (κ2) is 7.12.